The molecular weight excluding hydrogens is 355 g/mol. The lowest BCUT2D eigenvalue weighted by Gasteiger charge is -2.06. The third kappa shape index (κ3) is 5.81. The van der Waals surface area contributed by atoms with Crippen LogP contribution in [0.15, 0.2) is 84.9 Å². The van der Waals surface area contributed by atoms with E-state index in [1.54, 1.807) is 30.3 Å². The maximum atomic E-state index is 12.3. The summed E-state index contributed by atoms with van der Waals surface area (Å²) in [4.78, 5) is 12.3. The van der Waals surface area contributed by atoms with Crippen LogP contribution in [0, 0.1) is 0 Å². The molecule has 0 fully saturated rings. The van der Waals surface area contributed by atoms with E-state index in [4.69, 9.17) is 9.47 Å². The van der Waals surface area contributed by atoms with E-state index in [1.165, 1.54) is 6.08 Å². The Labute approximate surface area is 164 Å². The molecule has 0 amide bonds. The van der Waals surface area contributed by atoms with Crippen LogP contribution < -0.4 is 9.47 Å². The third-order valence-electron chi connectivity index (χ3n) is 4.04. The standard InChI is InChI=1S/C24H21FO3/c25-16-17-27-22-13-9-21(10-14-22)24(26)15-8-19-6-11-23(12-7-19)28-18-20-4-2-1-3-5-20/h1-15H,16-18H2/b15-8+. The summed E-state index contributed by atoms with van der Waals surface area (Å²) in [6, 6.07) is 24.2. The molecule has 0 unspecified atom stereocenters. The third-order valence-corrected chi connectivity index (χ3v) is 4.04. The fraction of sp³-hybridized carbons (Fsp3) is 0.125. The molecule has 3 aromatic rings. The zero-order valence-electron chi connectivity index (χ0n) is 15.4. The van der Waals surface area contributed by atoms with Crippen molar-refractivity contribution in [3.8, 4) is 11.5 Å². The van der Waals surface area contributed by atoms with Crippen molar-refractivity contribution in [1.82, 2.24) is 0 Å². The van der Waals surface area contributed by atoms with E-state index >= 15 is 0 Å². The second-order valence-corrected chi connectivity index (χ2v) is 6.10. The van der Waals surface area contributed by atoms with E-state index in [0.29, 0.717) is 17.9 Å². The molecule has 4 heteroatoms. The number of allylic oxidation sites excluding steroid dienone is 1. The number of ether oxygens (including phenoxy) is 2. The average molecular weight is 376 g/mol. The van der Waals surface area contributed by atoms with E-state index in [1.807, 2.05) is 54.6 Å². The number of carbonyl (C=O) groups excluding carboxylic acids is 1. The van der Waals surface area contributed by atoms with Crippen molar-refractivity contribution in [2.75, 3.05) is 13.3 Å². The Kier molecular flexibility index (Phi) is 6.96. The summed E-state index contributed by atoms with van der Waals surface area (Å²) in [5.74, 6) is 1.21. The lowest BCUT2D eigenvalue weighted by Crippen LogP contribution is -1.99. The van der Waals surface area contributed by atoms with Gasteiger partial charge in [0.1, 0.15) is 31.4 Å². The molecular formula is C24H21FO3. The molecule has 0 heterocycles. The van der Waals surface area contributed by atoms with Crippen LogP contribution in [0.4, 0.5) is 4.39 Å². The molecule has 0 aliphatic carbocycles. The first kappa shape index (κ1) is 19.4. The Morgan fingerprint density at radius 3 is 2.14 bits per heavy atom. The molecule has 142 valence electrons. The summed E-state index contributed by atoms with van der Waals surface area (Å²) in [7, 11) is 0. The second-order valence-electron chi connectivity index (χ2n) is 6.10. The van der Waals surface area contributed by atoms with E-state index in [0.717, 1.165) is 16.9 Å². The van der Waals surface area contributed by atoms with Crippen molar-refractivity contribution >= 4 is 11.9 Å². The Balaban J connectivity index is 1.54. The summed E-state index contributed by atoms with van der Waals surface area (Å²) >= 11 is 0. The molecule has 3 nitrogen and oxygen atoms in total. The molecule has 0 bridgehead atoms. The van der Waals surface area contributed by atoms with Gasteiger partial charge in [0, 0.05) is 5.56 Å². The topological polar surface area (TPSA) is 35.5 Å². The highest BCUT2D eigenvalue weighted by Crippen LogP contribution is 2.16. The molecule has 0 saturated heterocycles. The molecule has 3 aromatic carbocycles. The zero-order chi connectivity index (χ0) is 19.6. The largest absolute Gasteiger partial charge is 0.491 e. The number of ketones is 1. The Morgan fingerprint density at radius 1 is 0.821 bits per heavy atom. The fourth-order valence-corrected chi connectivity index (χ4v) is 2.56. The highest BCUT2D eigenvalue weighted by Gasteiger charge is 2.03. The predicted octanol–water partition coefficient (Wildman–Crippen LogP) is 5.51. The number of benzene rings is 3. The van der Waals surface area contributed by atoms with Gasteiger partial charge < -0.3 is 9.47 Å². The normalized spacial score (nSPS) is 10.8. The van der Waals surface area contributed by atoms with Gasteiger partial charge in [0.05, 0.1) is 0 Å². The molecule has 0 aromatic heterocycles. The number of carbonyl (C=O) groups is 1. The zero-order valence-corrected chi connectivity index (χ0v) is 15.4. The summed E-state index contributed by atoms with van der Waals surface area (Å²) in [6.45, 7) is -0.0166. The molecule has 0 aliphatic heterocycles. The number of rotatable bonds is 9. The Morgan fingerprint density at radius 2 is 1.46 bits per heavy atom. The Hall–Kier alpha value is -3.40. The average Bonchev–Trinajstić information content (AvgIpc) is 2.76. The van der Waals surface area contributed by atoms with Gasteiger partial charge in [-0.25, -0.2) is 4.39 Å². The van der Waals surface area contributed by atoms with Crippen molar-refractivity contribution < 1.29 is 18.7 Å². The number of halogens is 1. The second kappa shape index (κ2) is 10.1. The van der Waals surface area contributed by atoms with Crippen LogP contribution in [0.25, 0.3) is 6.08 Å². The van der Waals surface area contributed by atoms with Crippen molar-refractivity contribution in [2.24, 2.45) is 0 Å². The van der Waals surface area contributed by atoms with Crippen LogP contribution >= 0.6 is 0 Å². The lowest BCUT2D eigenvalue weighted by molar-refractivity contribution is 0.104. The number of hydrogen-bond acceptors (Lipinski definition) is 3. The van der Waals surface area contributed by atoms with Crippen molar-refractivity contribution in [1.29, 1.82) is 0 Å². The first-order valence-electron chi connectivity index (χ1n) is 9.02. The smallest absolute Gasteiger partial charge is 0.185 e. The quantitative estimate of drug-likeness (QED) is 0.365. The van der Waals surface area contributed by atoms with E-state index in [-0.39, 0.29) is 12.4 Å². The minimum absolute atomic E-state index is 0.0122. The fourth-order valence-electron chi connectivity index (χ4n) is 2.56. The summed E-state index contributed by atoms with van der Waals surface area (Å²) in [5, 5.41) is 0. The monoisotopic (exact) mass is 376 g/mol. The van der Waals surface area contributed by atoms with Gasteiger partial charge in [-0.1, -0.05) is 48.5 Å². The van der Waals surface area contributed by atoms with Gasteiger partial charge in [0.25, 0.3) is 0 Å². The van der Waals surface area contributed by atoms with Gasteiger partial charge in [-0.05, 0) is 53.6 Å². The van der Waals surface area contributed by atoms with Gasteiger partial charge >= 0.3 is 0 Å². The summed E-state index contributed by atoms with van der Waals surface area (Å²) in [5.41, 5.74) is 2.56. The van der Waals surface area contributed by atoms with Crippen LogP contribution in [-0.4, -0.2) is 19.1 Å². The SMILES string of the molecule is O=C(/C=C/c1ccc(OCc2ccccc2)cc1)c1ccc(OCCF)cc1. The van der Waals surface area contributed by atoms with Crippen LogP contribution in [0.2, 0.25) is 0 Å². The first-order valence-corrected chi connectivity index (χ1v) is 9.02. The van der Waals surface area contributed by atoms with Gasteiger partial charge in [0.2, 0.25) is 0 Å². The number of alkyl halides is 1. The highest BCUT2D eigenvalue weighted by molar-refractivity contribution is 6.06. The minimum atomic E-state index is -0.542. The molecule has 0 atom stereocenters. The molecule has 0 radical (unpaired) electrons. The Bertz CT molecular complexity index is 901. The van der Waals surface area contributed by atoms with Gasteiger partial charge in [-0.3, -0.25) is 4.79 Å². The van der Waals surface area contributed by atoms with Crippen molar-refractivity contribution in [3.63, 3.8) is 0 Å². The van der Waals surface area contributed by atoms with Crippen LogP contribution in [0.5, 0.6) is 11.5 Å². The van der Waals surface area contributed by atoms with Gasteiger partial charge in [-0.2, -0.15) is 0 Å². The molecule has 0 saturated carbocycles. The van der Waals surface area contributed by atoms with Gasteiger partial charge in [-0.15, -0.1) is 0 Å². The molecule has 0 aliphatic rings. The maximum absolute atomic E-state index is 12.3. The minimum Gasteiger partial charge on any atom is -0.491 e. The predicted molar refractivity (Wildman–Crippen MR) is 108 cm³/mol. The lowest BCUT2D eigenvalue weighted by atomic mass is 10.1. The molecule has 0 N–H and O–H groups in total. The van der Waals surface area contributed by atoms with Crippen LogP contribution in [0.3, 0.4) is 0 Å². The van der Waals surface area contributed by atoms with E-state index in [2.05, 4.69) is 0 Å². The number of hydrogen-bond donors (Lipinski definition) is 0. The van der Waals surface area contributed by atoms with E-state index < -0.39 is 6.67 Å². The summed E-state index contributed by atoms with van der Waals surface area (Å²) < 4.78 is 23.0. The van der Waals surface area contributed by atoms with Crippen molar-refractivity contribution in [3.05, 3.63) is 102 Å². The molecule has 3 rings (SSSR count). The van der Waals surface area contributed by atoms with Gasteiger partial charge in [0.15, 0.2) is 5.78 Å². The van der Waals surface area contributed by atoms with Crippen LogP contribution in [-0.2, 0) is 6.61 Å². The maximum Gasteiger partial charge on any atom is 0.185 e. The highest BCUT2D eigenvalue weighted by atomic mass is 19.1. The van der Waals surface area contributed by atoms with E-state index in [9.17, 15) is 9.18 Å². The summed E-state index contributed by atoms with van der Waals surface area (Å²) in [6.07, 6.45) is 3.29. The van der Waals surface area contributed by atoms with Crippen LogP contribution in [0.1, 0.15) is 21.5 Å². The molecule has 0 spiro atoms. The first-order chi connectivity index (χ1) is 13.7. The molecule has 28 heavy (non-hydrogen) atoms. The van der Waals surface area contributed by atoms with Crippen molar-refractivity contribution in [2.45, 2.75) is 6.61 Å².